The number of nitrogens with one attached hydrogen (secondary N) is 1. The number of rotatable bonds is 10. The number of anilines is 1. The number of aryl methyl sites for hydroxylation is 2. The summed E-state index contributed by atoms with van der Waals surface area (Å²) < 4.78 is 12.2. The van der Waals surface area contributed by atoms with E-state index in [-0.39, 0.29) is 19.1 Å². The third-order valence-corrected chi connectivity index (χ3v) is 7.58. The lowest BCUT2D eigenvalue weighted by Gasteiger charge is -2.16. The van der Waals surface area contributed by atoms with Crippen LogP contribution in [0.5, 0.6) is 5.75 Å². The minimum absolute atomic E-state index is 0.0580. The van der Waals surface area contributed by atoms with Crippen LogP contribution in [0.3, 0.4) is 0 Å². The second kappa shape index (κ2) is 11.4. The maximum Gasteiger partial charge on any atom is 0.348 e. The topological polar surface area (TPSA) is 125 Å². The molecule has 0 saturated heterocycles. The molecule has 1 amide bonds. The summed E-state index contributed by atoms with van der Waals surface area (Å²) in [6.45, 7) is 5.69. The first kappa shape index (κ1) is 25.5. The zero-order valence-electron chi connectivity index (χ0n) is 20.0. The summed E-state index contributed by atoms with van der Waals surface area (Å²) in [5, 5.41) is 12.2. The molecule has 0 aliphatic carbocycles. The summed E-state index contributed by atoms with van der Waals surface area (Å²) in [4.78, 5) is 44.1. The Hall–Kier alpha value is -3.64. The largest absolute Gasteiger partial charge is 0.490 e. The van der Waals surface area contributed by atoms with E-state index < -0.39 is 17.6 Å². The number of thiophene rings is 1. The number of hydrogen-bond acceptors (Lipinski definition) is 10. The minimum atomic E-state index is -0.798. The second-order valence-electron chi connectivity index (χ2n) is 7.76. The molecule has 0 radical (unpaired) electrons. The van der Waals surface area contributed by atoms with Gasteiger partial charge in [0, 0.05) is 0 Å². The Balaban J connectivity index is 1.49. The number of ether oxygens (including phenoxy) is 2. The predicted molar refractivity (Wildman–Crippen MR) is 138 cm³/mol. The summed E-state index contributed by atoms with van der Waals surface area (Å²) >= 11 is 2.38. The van der Waals surface area contributed by atoms with E-state index in [9.17, 15) is 14.4 Å². The van der Waals surface area contributed by atoms with Crippen molar-refractivity contribution in [3.8, 4) is 5.75 Å². The van der Waals surface area contributed by atoms with Crippen LogP contribution in [-0.2, 0) is 16.0 Å². The van der Waals surface area contributed by atoms with Crippen LogP contribution in [0, 0.1) is 6.92 Å². The Morgan fingerprint density at radius 2 is 1.89 bits per heavy atom. The van der Waals surface area contributed by atoms with Crippen molar-refractivity contribution in [3.63, 3.8) is 0 Å². The van der Waals surface area contributed by atoms with Gasteiger partial charge in [-0.25, -0.2) is 9.78 Å². The first-order valence-corrected chi connectivity index (χ1v) is 13.0. The van der Waals surface area contributed by atoms with Crippen molar-refractivity contribution in [2.24, 2.45) is 0 Å². The van der Waals surface area contributed by atoms with Crippen molar-refractivity contribution in [3.05, 3.63) is 62.5 Å². The standard InChI is InChI=1S/C24H25N5O5S2/c1-4-16(20(30)26-24-28-27-17(5-2)35-24)29-13-25-21-18(22(29)31)14(3)19(36-21)23(32)34-12-11-33-15-9-7-6-8-10-15/h6-10,13,16H,4-5,11-12H2,1-3H3,(H,26,28,30). The number of para-hydroxylation sites is 1. The van der Waals surface area contributed by atoms with Gasteiger partial charge in [0.2, 0.25) is 11.0 Å². The molecule has 0 fully saturated rings. The molecule has 0 bridgehead atoms. The van der Waals surface area contributed by atoms with Gasteiger partial charge in [0.25, 0.3) is 5.56 Å². The van der Waals surface area contributed by atoms with Gasteiger partial charge in [0.1, 0.15) is 39.7 Å². The zero-order chi connectivity index (χ0) is 25.7. The quantitative estimate of drug-likeness (QED) is 0.242. The van der Waals surface area contributed by atoms with Crippen molar-refractivity contribution in [2.75, 3.05) is 18.5 Å². The van der Waals surface area contributed by atoms with Crippen LogP contribution in [0.2, 0.25) is 0 Å². The van der Waals surface area contributed by atoms with Gasteiger partial charge in [-0.2, -0.15) is 0 Å². The van der Waals surface area contributed by atoms with E-state index in [0.29, 0.717) is 44.4 Å². The SMILES string of the molecule is CCc1nnc(NC(=O)C(CC)n2cnc3sc(C(=O)OCCOc4ccccc4)c(C)c3c2=O)s1. The fraction of sp³-hybridized carbons (Fsp3) is 0.333. The van der Waals surface area contributed by atoms with Gasteiger partial charge in [-0.3, -0.25) is 19.5 Å². The maximum atomic E-state index is 13.4. The molecule has 4 rings (SSSR count). The van der Waals surface area contributed by atoms with Crippen LogP contribution < -0.4 is 15.6 Å². The van der Waals surface area contributed by atoms with Crippen LogP contribution in [0.1, 0.15) is 46.6 Å². The van der Waals surface area contributed by atoms with Gasteiger partial charge in [-0.15, -0.1) is 21.5 Å². The molecular weight excluding hydrogens is 502 g/mol. The summed E-state index contributed by atoms with van der Waals surface area (Å²) in [5.74, 6) is -0.251. The summed E-state index contributed by atoms with van der Waals surface area (Å²) in [6, 6.07) is 8.42. The molecule has 0 aliphatic rings. The van der Waals surface area contributed by atoms with Crippen LogP contribution in [-0.4, -0.2) is 44.8 Å². The highest BCUT2D eigenvalue weighted by Gasteiger charge is 2.25. The van der Waals surface area contributed by atoms with Gasteiger partial charge in [-0.1, -0.05) is 43.4 Å². The van der Waals surface area contributed by atoms with Crippen LogP contribution in [0.4, 0.5) is 5.13 Å². The maximum absolute atomic E-state index is 13.4. The Morgan fingerprint density at radius 1 is 1.11 bits per heavy atom. The van der Waals surface area contributed by atoms with E-state index in [4.69, 9.17) is 9.47 Å². The molecule has 0 aliphatic heterocycles. The van der Waals surface area contributed by atoms with Crippen LogP contribution in [0.25, 0.3) is 10.2 Å². The Morgan fingerprint density at radius 3 is 2.58 bits per heavy atom. The van der Waals surface area contributed by atoms with Gasteiger partial charge >= 0.3 is 5.97 Å². The van der Waals surface area contributed by atoms with E-state index in [1.165, 1.54) is 22.2 Å². The highest BCUT2D eigenvalue weighted by Crippen LogP contribution is 2.28. The van der Waals surface area contributed by atoms with Crippen molar-refractivity contribution in [1.29, 1.82) is 0 Å². The Labute approximate surface area is 214 Å². The van der Waals surface area contributed by atoms with Crippen molar-refractivity contribution < 1.29 is 19.1 Å². The molecule has 36 heavy (non-hydrogen) atoms. The summed E-state index contributed by atoms with van der Waals surface area (Å²) in [6.07, 6.45) is 2.42. The molecular formula is C24H25N5O5S2. The minimum Gasteiger partial charge on any atom is -0.490 e. The fourth-order valence-electron chi connectivity index (χ4n) is 3.57. The Kier molecular flexibility index (Phi) is 8.06. The molecule has 10 nitrogen and oxygen atoms in total. The van der Waals surface area contributed by atoms with Gasteiger partial charge in [0.15, 0.2) is 0 Å². The van der Waals surface area contributed by atoms with Gasteiger partial charge in [-0.05, 0) is 37.5 Å². The number of hydrogen-bond donors (Lipinski definition) is 1. The van der Waals surface area contributed by atoms with Crippen molar-refractivity contribution >= 4 is 49.9 Å². The normalized spacial score (nSPS) is 11.9. The zero-order valence-corrected chi connectivity index (χ0v) is 21.6. The number of nitrogens with zero attached hydrogens (tertiary/aromatic N) is 4. The molecule has 3 aromatic heterocycles. The average Bonchev–Trinajstić information content (AvgIpc) is 3.48. The van der Waals surface area contributed by atoms with Gasteiger partial charge < -0.3 is 9.47 Å². The molecule has 188 valence electrons. The van der Waals surface area contributed by atoms with Crippen molar-refractivity contribution in [2.45, 2.75) is 39.7 Å². The molecule has 0 saturated carbocycles. The van der Waals surface area contributed by atoms with E-state index in [2.05, 4.69) is 20.5 Å². The molecule has 12 heteroatoms. The number of carbonyl (C=O) groups excluding carboxylic acids is 2. The first-order chi connectivity index (χ1) is 17.4. The molecule has 3 heterocycles. The van der Waals surface area contributed by atoms with E-state index in [1.807, 2.05) is 37.3 Å². The van der Waals surface area contributed by atoms with Crippen LogP contribution >= 0.6 is 22.7 Å². The summed E-state index contributed by atoms with van der Waals surface area (Å²) in [5.41, 5.74) is 0.0801. The highest BCUT2D eigenvalue weighted by molar-refractivity contribution is 7.20. The number of benzene rings is 1. The van der Waals surface area contributed by atoms with E-state index in [0.717, 1.165) is 16.3 Å². The molecule has 1 aromatic carbocycles. The first-order valence-electron chi connectivity index (χ1n) is 11.4. The molecule has 4 aromatic rings. The number of aromatic nitrogens is 4. The number of esters is 1. The summed E-state index contributed by atoms with van der Waals surface area (Å²) in [7, 11) is 0. The Bertz CT molecular complexity index is 1430. The lowest BCUT2D eigenvalue weighted by atomic mass is 10.2. The van der Waals surface area contributed by atoms with Gasteiger partial charge in [0.05, 0.1) is 11.7 Å². The second-order valence-corrected chi connectivity index (χ2v) is 9.82. The smallest absolute Gasteiger partial charge is 0.348 e. The fourth-order valence-corrected chi connectivity index (χ4v) is 5.29. The number of fused-ring (bicyclic) bond motifs is 1. The third kappa shape index (κ3) is 5.44. The van der Waals surface area contributed by atoms with E-state index in [1.54, 1.807) is 13.8 Å². The lowest BCUT2D eigenvalue weighted by Crippen LogP contribution is -2.33. The van der Waals surface area contributed by atoms with Crippen LogP contribution in [0.15, 0.2) is 41.5 Å². The molecule has 1 unspecified atom stereocenters. The molecule has 1 N–H and O–H groups in total. The monoisotopic (exact) mass is 527 g/mol. The highest BCUT2D eigenvalue weighted by atomic mass is 32.1. The number of carbonyl (C=O) groups is 2. The lowest BCUT2D eigenvalue weighted by molar-refractivity contribution is -0.119. The number of amides is 1. The molecule has 0 spiro atoms. The average molecular weight is 528 g/mol. The predicted octanol–water partition coefficient (Wildman–Crippen LogP) is 4.01. The molecule has 1 atom stereocenters. The third-order valence-electron chi connectivity index (χ3n) is 5.41. The van der Waals surface area contributed by atoms with Crippen molar-refractivity contribution in [1.82, 2.24) is 19.7 Å². The van der Waals surface area contributed by atoms with E-state index >= 15 is 0 Å².